The maximum atomic E-state index is 12.0. The highest BCUT2D eigenvalue weighted by atomic mass is 79.9. The summed E-state index contributed by atoms with van der Waals surface area (Å²) < 4.78 is 42.1. The molecule has 0 amide bonds. The van der Waals surface area contributed by atoms with E-state index in [0.717, 1.165) is 10.0 Å². The number of rotatable bonds is 5. The Morgan fingerprint density at radius 1 is 1.39 bits per heavy atom. The molecule has 0 aliphatic heterocycles. The minimum absolute atomic E-state index is 0.0286. The van der Waals surface area contributed by atoms with Gasteiger partial charge in [0.2, 0.25) is 0 Å². The summed E-state index contributed by atoms with van der Waals surface area (Å²) in [5, 5.41) is 0. The molecular formula is C12H15BrF3NO. The highest BCUT2D eigenvalue weighted by Crippen LogP contribution is 2.28. The Hall–Kier alpha value is -0.750. The van der Waals surface area contributed by atoms with Gasteiger partial charge in [-0.2, -0.15) is 13.2 Å². The van der Waals surface area contributed by atoms with Crippen LogP contribution < -0.4 is 10.5 Å². The van der Waals surface area contributed by atoms with Gasteiger partial charge in [-0.3, -0.25) is 0 Å². The summed E-state index contributed by atoms with van der Waals surface area (Å²) in [6.07, 6.45) is -5.03. The van der Waals surface area contributed by atoms with Crippen molar-refractivity contribution >= 4 is 15.9 Å². The van der Waals surface area contributed by atoms with E-state index in [4.69, 9.17) is 10.5 Å². The van der Waals surface area contributed by atoms with Crippen LogP contribution in [0, 0.1) is 0 Å². The van der Waals surface area contributed by atoms with Crippen LogP contribution in [0.4, 0.5) is 13.2 Å². The minimum atomic E-state index is -4.13. The van der Waals surface area contributed by atoms with Gasteiger partial charge in [-0.25, -0.2) is 0 Å². The molecule has 1 aromatic carbocycles. The average molecular weight is 326 g/mol. The van der Waals surface area contributed by atoms with Gasteiger partial charge in [0.05, 0.1) is 6.61 Å². The van der Waals surface area contributed by atoms with E-state index in [9.17, 15) is 13.2 Å². The lowest BCUT2D eigenvalue weighted by atomic mass is 10.1. The third-order valence-electron chi connectivity index (χ3n) is 2.32. The molecule has 1 aromatic rings. The summed E-state index contributed by atoms with van der Waals surface area (Å²) in [6.45, 7) is 1.82. The summed E-state index contributed by atoms with van der Waals surface area (Å²) in [7, 11) is 0. The van der Waals surface area contributed by atoms with Crippen LogP contribution >= 0.6 is 15.9 Å². The molecule has 18 heavy (non-hydrogen) atoms. The maximum Gasteiger partial charge on any atom is 0.389 e. The van der Waals surface area contributed by atoms with Crippen molar-refractivity contribution < 1.29 is 17.9 Å². The van der Waals surface area contributed by atoms with Gasteiger partial charge in [-0.1, -0.05) is 15.9 Å². The first-order valence-corrected chi connectivity index (χ1v) is 6.33. The Morgan fingerprint density at radius 3 is 2.61 bits per heavy atom. The van der Waals surface area contributed by atoms with Gasteiger partial charge in [0.1, 0.15) is 5.75 Å². The molecule has 0 bridgehead atoms. The third kappa shape index (κ3) is 5.27. The van der Waals surface area contributed by atoms with Crippen LogP contribution in [0.1, 0.15) is 31.4 Å². The van der Waals surface area contributed by atoms with Crippen LogP contribution in [-0.4, -0.2) is 12.8 Å². The summed E-state index contributed by atoms with van der Waals surface area (Å²) >= 11 is 3.31. The van der Waals surface area contributed by atoms with Crippen LogP contribution in [0.3, 0.4) is 0 Å². The molecule has 0 aliphatic rings. The van der Waals surface area contributed by atoms with Gasteiger partial charge in [-0.05, 0) is 31.5 Å². The SMILES string of the molecule is C[C@@H](N)c1cc(Br)ccc1OCCCC(F)(F)F. The number of ether oxygens (including phenoxy) is 1. The van der Waals surface area contributed by atoms with E-state index in [1.165, 1.54) is 0 Å². The molecule has 0 saturated heterocycles. The van der Waals surface area contributed by atoms with E-state index < -0.39 is 12.6 Å². The molecule has 102 valence electrons. The summed E-state index contributed by atoms with van der Waals surface area (Å²) in [4.78, 5) is 0. The predicted molar refractivity (Wildman–Crippen MR) is 67.5 cm³/mol. The molecule has 2 N–H and O–H groups in total. The fourth-order valence-corrected chi connectivity index (χ4v) is 1.84. The van der Waals surface area contributed by atoms with Crippen molar-refractivity contribution in [2.75, 3.05) is 6.61 Å². The summed E-state index contributed by atoms with van der Waals surface area (Å²) in [6, 6.07) is 5.05. The largest absolute Gasteiger partial charge is 0.493 e. The van der Waals surface area contributed by atoms with E-state index in [1.54, 1.807) is 19.1 Å². The number of hydrogen-bond donors (Lipinski definition) is 1. The predicted octanol–water partition coefficient (Wildman–Crippen LogP) is 4.19. The molecule has 0 saturated carbocycles. The fraction of sp³-hybridized carbons (Fsp3) is 0.500. The van der Waals surface area contributed by atoms with E-state index in [-0.39, 0.29) is 19.1 Å². The van der Waals surface area contributed by atoms with Crippen LogP contribution in [0.15, 0.2) is 22.7 Å². The second kappa shape index (κ2) is 6.43. The Kier molecular flexibility index (Phi) is 5.47. The lowest BCUT2D eigenvalue weighted by molar-refractivity contribution is -0.136. The maximum absolute atomic E-state index is 12.0. The normalized spacial score (nSPS) is 13.4. The molecule has 0 unspecified atom stereocenters. The smallest absolute Gasteiger partial charge is 0.389 e. The molecule has 0 aromatic heterocycles. The summed E-state index contributed by atoms with van der Waals surface area (Å²) in [5.41, 5.74) is 6.55. The van der Waals surface area contributed by atoms with E-state index in [0.29, 0.717) is 5.75 Å². The molecular weight excluding hydrogens is 311 g/mol. The van der Waals surface area contributed by atoms with Crippen molar-refractivity contribution in [3.05, 3.63) is 28.2 Å². The second-order valence-corrected chi connectivity index (χ2v) is 4.95. The topological polar surface area (TPSA) is 35.2 Å². The number of nitrogens with two attached hydrogens (primary N) is 1. The summed E-state index contributed by atoms with van der Waals surface area (Å²) in [5.74, 6) is 0.537. The highest BCUT2D eigenvalue weighted by molar-refractivity contribution is 9.10. The van der Waals surface area contributed by atoms with Gasteiger partial charge in [-0.15, -0.1) is 0 Å². The molecule has 0 aliphatic carbocycles. The monoisotopic (exact) mass is 325 g/mol. The first kappa shape index (κ1) is 15.3. The zero-order valence-corrected chi connectivity index (χ0v) is 11.5. The zero-order valence-electron chi connectivity index (χ0n) is 9.93. The molecule has 1 atom stereocenters. The molecule has 6 heteroatoms. The van der Waals surface area contributed by atoms with Gasteiger partial charge in [0, 0.05) is 22.5 Å². The molecule has 0 radical (unpaired) electrons. The average Bonchev–Trinajstić information content (AvgIpc) is 2.24. The molecule has 0 spiro atoms. The van der Waals surface area contributed by atoms with Gasteiger partial charge in [0.15, 0.2) is 0 Å². The van der Waals surface area contributed by atoms with Crippen LogP contribution in [0.25, 0.3) is 0 Å². The zero-order chi connectivity index (χ0) is 13.8. The Bertz CT molecular complexity index is 393. The standard InChI is InChI=1S/C12H15BrF3NO/c1-8(17)10-7-9(13)3-4-11(10)18-6-2-5-12(14,15)16/h3-4,7-8H,2,5-6,17H2,1H3/t8-/m1/s1. The van der Waals surface area contributed by atoms with Gasteiger partial charge >= 0.3 is 6.18 Å². The van der Waals surface area contributed by atoms with Crippen LogP contribution in [0.2, 0.25) is 0 Å². The van der Waals surface area contributed by atoms with Crippen molar-refractivity contribution in [2.45, 2.75) is 32.0 Å². The molecule has 1 rings (SSSR count). The van der Waals surface area contributed by atoms with E-state index in [2.05, 4.69) is 15.9 Å². The lowest BCUT2D eigenvalue weighted by Crippen LogP contribution is -2.11. The number of hydrogen-bond acceptors (Lipinski definition) is 2. The van der Waals surface area contributed by atoms with E-state index in [1.807, 2.05) is 6.07 Å². The lowest BCUT2D eigenvalue weighted by Gasteiger charge is -2.14. The minimum Gasteiger partial charge on any atom is -0.493 e. The Morgan fingerprint density at radius 2 is 2.06 bits per heavy atom. The fourth-order valence-electron chi connectivity index (χ4n) is 1.46. The third-order valence-corrected chi connectivity index (χ3v) is 2.82. The van der Waals surface area contributed by atoms with Crippen molar-refractivity contribution in [3.8, 4) is 5.75 Å². The van der Waals surface area contributed by atoms with Gasteiger partial charge < -0.3 is 10.5 Å². The quantitative estimate of drug-likeness (QED) is 0.824. The number of halogens is 4. The van der Waals surface area contributed by atoms with Gasteiger partial charge in [0.25, 0.3) is 0 Å². The van der Waals surface area contributed by atoms with Crippen molar-refractivity contribution in [1.82, 2.24) is 0 Å². The molecule has 0 heterocycles. The Labute approximate surface area is 112 Å². The molecule has 0 fully saturated rings. The number of alkyl halides is 3. The van der Waals surface area contributed by atoms with Crippen LogP contribution in [0.5, 0.6) is 5.75 Å². The first-order valence-electron chi connectivity index (χ1n) is 5.54. The Balaban J connectivity index is 2.57. The van der Waals surface area contributed by atoms with Crippen molar-refractivity contribution in [3.63, 3.8) is 0 Å². The second-order valence-electron chi connectivity index (χ2n) is 4.04. The molecule has 2 nitrogen and oxygen atoms in total. The van der Waals surface area contributed by atoms with E-state index >= 15 is 0 Å². The first-order chi connectivity index (χ1) is 8.29. The number of benzene rings is 1. The highest BCUT2D eigenvalue weighted by Gasteiger charge is 2.26. The van der Waals surface area contributed by atoms with Crippen molar-refractivity contribution in [1.29, 1.82) is 0 Å². The van der Waals surface area contributed by atoms with Crippen LogP contribution in [-0.2, 0) is 0 Å². The van der Waals surface area contributed by atoms with Crippen molar-refractivity contribution in [2.24, 2.45) is 5.73 Å².